The molecule has 2 N–H and O–H groups in total. The highest BCUT2D eigenvalue weighted by molar-refractivity contribution is 5.85. The Balaban J connectivity index is 0.00000182. The summed E-state index contributed by atoms with van der Waals surface area (Å²) in [6, 6.07) is 7.87. The Morgan fingerprint density at radius 1 is 1.33 bits per heavy atom. The van der Waals surface area contributed by atoms with Gasteiger partial charge in [0.25, 0.3) is 0 Å². The molecule has 1 amide bonds. The summed E-state index contributed by atoms with van der Waals surface area (Å²) in [5, 5.41) is 0. The molecule has 0 spiro atoms. The molecule has 6 nitrogen and oxygen atoms in total. The van der Waals surface area contributed by atoms with E-state index in [1.807, 2.05) is 29.2 Å². The number of halogens is 2. The van der Waals surface area contributed by atoms with Crippen molar-refractivity contribution in [3.8, 4) is 17.1 Å². The molecule has 0 bridgehead atoms. The van der Waals surface area contributed by atoms with E-state index in [2.05, 4.69) is 11.9 Å². The van der Waals surface area contributed by atoms with E-state index >= 15 is 0 Å². The Labute approximate surface area is 172 Å². The molecule has 1 aromatic heterocycles. The molecule has 0 aliphatic carbocycles. The number of aromatic nitrogens is 1. The molecule has 2 unspecified atom stereocenters. The third-order valence-corrected chi connectivity index (χ3v) is 4.80. The first-order valence-electron chi connectivity index (χ1n) is 8.69. The van der Waals surface area contributed by atoms with Crippen LogP contribution in [-0.4, -0.2) is 42.0 Å². The lowest BCUT2D eigenvalue weighted by Gasteiger charge is -2.21. The average Bonchev–Trinajstić information content (AvgIpc) is 3.26. The van der Waals surface area contributed by atoms with Crippen LogP contribution in [0.2, 0.25) is 0 Å². The van der Waals surface area contributed by atoms with Crippen LogP contribution in [0.1, 0.15) is 25.7 Å². The van der Waals surface area contributed by atoms with Crippen LogP contribution in [0.15, 0.2) is 34.9 Å². The molecule has 1 saturated heterocycles. The fourth-order valence-corrected chi connectivity index (χ4v) is 3.33. The number of rotatable bonds is 6. The zero-order valence-corrected chi connectivity index (χ0v) is 17.2. The predicted octanol–water partition coefficient (Wildman–Crippen LogP) is 3.32. The number of nitrogens with zero attached hydrogens (tertiary/aromatic N) is 2. The average molecular weight is 416 g/mol. The summed E-state index contributed by atoms with van der Waals surface area (Å²) in [5.74, 6) is 2.64. The highest BCUT2D eigenvalue weighted by Gasteiger charge is 2.31. The molecule has 0 radical (unpaired) electrons. The van der Waals surface area contributed by atoms with Crippen LogP contribution < -0.4 is 10.5 Å². The summed E-state index contributed by atoms with van der Waals surface area (Å²) in [7, 11) is 1.63. The van der Waals surface area contributed by atoms with Crippen LogP contribution in [0.5, 0.6) is 5.75 Å². The molecule has 8 heteroatoms. The van der Waals surface area contributed by atoms with Gasteiger partial charge in [0.2, 0.25) is 5.91 Å². The number of oxazole rings is 1. The second-order valence-corrected chi connectivity index (χ2v) is 6.58. The number of benzene rings is 1. The quantitative estimate of drug-likeness (QED) is 0.781. The van der Waals surface area contributed by atoms with Crippen molar-refractivity contribution in [2.45, 2.75) is 32.2 Å². The second-order valence-electron chi connectivity index (χ2n) is 6.58. The van der Waals surface area contributed by atoms with Crippen LogP contribution in [0.4, 0.5) is 0 Å². The zero-order chi connectivity index (χ0) is 17.8. The minimum absolute atomic E-state index is 0. The Hall–Kier alpha value is -1.76. The SMILES string of the molecule is COc1ccc(-c2cnc(CCC(=O)N3CC(CN)CC3C)o2)cc1.Cl.Cl. The van der Waals surface area contributed by atoms with Crippen molar-refractivity contribution in [2.75, 3.05) is 20.2 Å². The summed E-state index contributed by atoms with van der Waals surface area (Å²) < 4.78 is 10.9. The van der Waals surface area contributed by atoms with Gasteiger partial charge in [-0.2, -0.15) is 0 Å². The lowest BCUT2D eigenvalue weighted by atomic mass is 10.1. The highest BCUT2D eigenvalue weighted by Crippen LogP contribution is 2.25. The van der Waals surface area contributed by atoms with Crippen molar-refractivity contribution in [3.63, 3.8) is 0 Å². The van der Waals surface area contributed by atoms with Crippen LogP contribution >= 0.6 is 24.8 Å². The van der Waals surface area contributed by atoms with Gasteiger partial charge >= 0.3 is 0 Å². The fraction of sp³-hybridized carbons (Fsp3) is 0.474. The van der Waals surface area contributed by atoms with Gasteiger partial charge in [-0.1, -0.05) is 0 Å². The number of amides is 1. The molecule has 3 rings (SSSR count). The molecule has 27 heavy (non-hydrogen) atoms. The predicted molar refractivity (Wildman–Crippen MR) is 110 cm³/mol. The Bertz CT molecular complexity index is 721. The molecule has 2 aromatic rings. The molecule has 1 aromatic carbocycles. The van der Waals surface area contributed by atoms with E-state index in [1.54, 1.807) is 13.3 Å². The first kappa shape index (κ1) is 23.3. The summed E-state index contributed by atoms with van der Waals surface area (Å²) in [5.41, 5.74) is 6.66. The molecule has 1 aliphatic heterocycles. The van der Waals surface area contributed by atoms with Crippen LogP contribution in [0, 0.1) is 5.92 Å². The van der Waals surface area contributed by atoms with Crippen molar-refractivity contribution >= 4 is 30.7 Å². The zero-order valence-electron chi connectivity index (χ0n) is 15.6. The van der Waals surface area contributed by atoms with Crippen LogP contribution in [-0.2, 0) is 11.2 Å². The van der Waals surface area contributed by atoms with E-state index < -0.39 is 0 Å². The summed E-state index contributed by atoms with van der Waals surface area (Å²) in [6.07, 6.45) is 3.60. The smallest absolute Gasteiger partial charge is 0.223 e. The lowest BCUT2D eigenvalue weighted by Crippen LogP contribution is -2.34. The van der Waals surface area contributed by atoms with Gasteiger partial charge in [0.15, 0.2) is 11.7 Å². The highest BCUT2D eigenvalue weighted by atomic mass is 35.5. The monoisotopic (exact) mass is 415 g/mol. The lowest BCUT2D eigenvalue weighted by molar-refractivity contribution is -0.131. The Morgan fingerprint density at radius 2 is 2.04 bits per heavy atom. The van der Waals surface area contributed by atoms with Gasteiger partial charge in [0.1, 0.15) is 5.75 Å². The van der Waals surface area contributed by atoms with Gasteiger partial charge < -0.3 is 19.8 Å². The van der Waals surface area contributed by atoms with Crippen molar-refractivity contribution in [1.82, 2.24) is 9.88 Å². The van der Waals surface area contributed by atoms with E-state index in [9.17, 15) is 4.79 Å². The third kappa shape index (κ3) is 5.61. The first-order chi connectivity index (χ1) is 12.1. The maximum atomic E-state index is 12.4. The number of hydrogen-bond donors (Lipinski definition) is 1. The number of aryl methyl sites for hydroxylation is 1. The Kier molecular flexibility index (Phi) is 9.09. The van der Waals surface area contributed by atoms with Gasteiger partial charge in [-0.15, -0.1) is 24.8 Å². The maximum absolute atomic E-state index is 12.4. The van der Waals surface area contributed by atoms with E-state index in [4.69, 9.17) is 14.9 Å². The molecule has 1 fully saturated rings. The molecule has 1 aliphatic rings. The minimum atomic E-state index is 0. The normalized spacial score (nSPS) is 18.6. The number of carbonyl (C=O) groups excluding carboxylic acids is 1. The molecule has 2 heterocycles. The van der Waals surface area contributed by atoms with Crippen LogP contribution in [0.3, 0.4) is 0 Å². The molecular weight excluding hydrogens is 389 g/mol. The fourth-order valence-electron chi connectivity index (χ4n) is 3.33. The first-order valence-corrected chi connectivity index (χ1v) is 8.69. The number of nitrogens with two attached hydrogens (primary N) is 1. The van der Waals surface area contributed by atoms with Gasteiger partial charge in [0.05, 0.1) is 13.3 Å². The summed E-state index contributed by atoms with van der Waals surface area (Å²) in [4.78, 5) is 18.7. The number of ether oxygens (including phenoxy) is 1. The number of hydrogen-bond acceptors (Lipinski definition) is 5. The standard InChI is InChI=1S/C19H25N3O3.2ClH/c1-13-9-14(10-20)12-22(13)19(23)8-7-18-21-11-17(25-18)15-3-5-16(24-2)6-4-15;;/h3-6,11,13-14H,7-10,12,20H2,1-2H3;2*1H. The van der Waals surface area contributed by atoms with Gasteiger partial charge in [-0.25, -0.2) is 4.98 Å². The number of methoxy groups -OCH3 is 1. The van der Waals surface area contributed by atoms with E-state index in [0.29, 0.717) is 37.0 Å². The summed E-state index contributed by atoms with van der Waals surface area (Å²) >= 11 is 0. The van der Waals surface area contributed by atoms with Gasteiger partial charge in [-0.05, 0) is 50.1 Å². The molecule has 0 saturated carbocycles. The molecular formula is C19H27Cl2N3O3. The van der Waals surface area contributed by atoms with Gasteiger partial charge in [-0.3, -0.25) is 4.79 Å². The molecule has 2 atom stereocenters. The van der Waals surface area contributed by atoms with E-state index in [1.165, 1.54) is 0 Å². The number of likely N-dealkylation sites (tertiary alicyclic amines) is 1. The largest absolute Gasteiger partial charge is 0.497 e. The topological polar surface area (TPSA) is 81.6 Å². The third-order valence-electron chi connectivity index (χ3n) is 4.80. The van der Waals surface area contributed by atoms with Crippen molar-refractivity contribution in [1.29, 1.82) is 0 Å². The van der Waals surface area contributed by atoms with Crippen molar-refractivity contribution < 1.29 is 13.9 Å². The van der Waals surface area contributed by atoms with Gasteiger partial charge in [0, 0.05) is 31.0 Å². The minimum Gasteiger partial charge on any atom is -0.497 e. The maximum Gasteiger partial charge on any atom is 0.223 e. The van der Waals surface area contributed by atoms with Crippen LogP contribution in [0.25, 0.3) is 11.3 Å². The van der Waals surface area contributed by atoms with Crippen molar-refractivity contribution in [3.05, 3.63) is 36.4 Å². The second kappa shape index (κ2) is 10.5. The van der Waals surface area contributed by atoms with E-state index in [0.717, 1.165) is 24.3 Å². The van der Waals surface area contributed by atoms with E-state index in [-0.39, 0.29) is 36.8 Å². The molecule has 150 valence electrons. The summed E-state index contributed by atoms with van der Waals surface area (Å²) in [6.45, 7) is 3.48. The Morgan fingerprint density at radius 3 is 2.63 bits per heavy atom. The van der Waals surface area contributed by atoms with Crippen molar-refractivity contribution in [2.24, 2.45) is 11.7 Å². The number of carbonyl (C=O) groups is 1.